The van der Waals surface area contributed by atoms with Gasteiger partial charge in [-0.25, -0.2) is 4.79 Å². The molecular weight excluding hydrogens is 302 g/mol. The summed E-state index contributed by atoms with van der Waals surface area (Å²) in [5.74, 6) is 1.48. The molecule has 0 aromatic heterocycles. The zero-order chi connectivity index (χ0) is 17.5. The van der Waals surface area contributed by atoms with E-state index in [1.807, 2.05) is 45.2 Å². The van der Waals surface area contributed by atoms with E-state index in [-0.39, 0.29) is 12.1 Å². The molecule has 24 heavy (non-hydrogen) atoms. The first-order valence-electron chi connectivity index (χ1n) is 8.85. The number of ether oxygens (including phenoxy) is 1. The van der Waals surface area contributed by atoms with Crippen LogP contribution in [0, 0.1) is 12.8 Å². The van der Waals surface area contributed by atoms with Crippen molar-refractivity contribution in [1.29, 1.82) is 0 Å². The van der Waals surface area contributed by atoms with Crippen LogP contribution in [0.15, 0.2) is 24.3 Å². The zero-order valence-corrected chi connectivity index (χ0v) is 15.4. The number of amides is 2. The molecule has 2 amide bonds. The molecule has 0 bridgehead atoms. The molecule has 1 aliphatic rings. The summed E-state index contributed by atoms with van der Waals surface area (Å²) in [6, 6.07) is 7.92. The highest BCUT2D eigenvalue weighted by Gasteiger charge is 2.20. The number of aryl methyl sites for hydroxylation is 1. The van der Waals surface area contributed by atoms with Gasteiger partial charge in [0.25, 0.3) is 0 Å². The molecule has 1 N–H and O–H groups in total. The van der Waals surface area contributed by atoms with E-state index in [2.05, 4.69) is 17.3 Å². The van der Waals surface area contributed by atoms with Crippen LogP contribution in [0.5, 0.6) is 5.75 Å². The molecule has 1 atom stereocenters. The van der Waals surface area contributed by atoms with Crippen molar-refractivity contribution >= 4 is 6.03 Å². The molecule has 0 spiro atoms. The van der Waals surface area contributed by atoms with Gasteiger partial charge in [-0.15, -0.1) is 0 Å². The van der Waals surface area contributed by atoms with Gasteiger partial charge in [0, 0.05) is 13.6 Å². The molecule has 2 rings (SSSR count). The number of urea groups is 1. The summed E-state index contributed by atoms with van der Waals surface area (Å²) in [5, 5.41) is 2.97. The summed E-state index contributed by atoms with van der Waals surface area (Å²) >= 11 is 0. The minimum absolute atomic E-state index is 0.0193. The minimum atomic E-state index is -0.0632. The second kappa shape index (κ2) is 8.92. The highest BCUT2D eigenvalue weighted by Crippen LogP contribution is 2.18. The number of para-hydroxylation sites is 1. The van der Waals surface area contributed by atoms with Crippen LogP contribution in [0.4, 0.5) is 4.79 Å². The Balaban J connectivity index is 1.70. The smallest absolute Gasteiger partial charge is 0.317 e. The number of nitrogens with zero attached hydrogens (tertiary/aromatic N) is 2. The van der Waals surface area contributed by atoms with Crippen molar-refractivity contribution in [2.24, 2.45) is 5.92 Å². The lowest BCUT2D eigenvalue weighted by molar-refractivity contribution is 0.164. The summed E-state index contributed by atoms with van der Waals surface area (Å²) in [4.78, 5) is 16.4. The molecule has 0 saturated carbocycles. The normalized spacial score (nSPS) is 17.3. The second-order valence-corrected chi connectivity index (χ2v) is 7.01. The Kier molecular flexibility index (Phi) is 6.91. The predicted octanol–water partition coefficient (Wildman–Crippen LogP) is 2.75. The fraction of sp³-hybridized carbons (Fsp3) is 0.632. The molecule has 1 aromatic rings. The van der Waals surface area contributed by atoms with Crippen LogP contribution in [0.25, 0.3) is 0 Å². The number of piperidine rings is 1. The summed E-state index contributed by atoms with van der Waals surface area (Å²) in [5.41, 5.74) is 1.11. The molecule has 0 unspecified atom stereocenters. The lowest BCUT2D eigenvalue weighted by Crippen LogP contribution is -2.44. The molecule has 1 heterocycles. The van der Waals surface area contributed by atoms with Gasteiger partial charge in [-0.2, -0.15) is 0 Å². The zero-order valence-electron chi connectivity index (χ0n) is 15.4. The van der Waals surface area contributed by atoms with Gasteiger partial charge >= 0.3 is 6.03 Å². The van der Waals surface area contributed by atoms with Gasteiger partial charge in [-0.05, 0) is 64.4 Å². The van der Waals surface area contributed by atoms with Crippen LogP contribution in [0.2, 0.25) is 0 Å². The third-order valence-corrected chi connectivity index (χ3v) is 4.68. The van der Waals surface area contributed by atoms with E-state index in [1.165, 1.54) is 12.8 Å². The SMILES string of the molecule is Cc1ccccc1O[C@@H](C)CNC(=O)N(C)CC1CCN(C)CC1. The lowest BCUT2D eigenvalue weighted by atomic mass is 9.97. The van der Waals surface area contributed by atoms with Crippen molar-refractivity contribution in [2.75, 3.05) is 40.3 Å². The topological polar surface area (TPSA) is 44.8 Å². The number of carbonyl (C=O) groups excluding carboxylic acids is 1. The quantitative estimate of drug-likeness (QED) is 0.871. The van der Waals surface area contributed by atoms with Gasteiger partial charge in [-0.3, -0.25) is 0 Å². The molecule has 134 valence electrons. The second-order valence-electron chi connectivity index (χ2n) is 7.01. The van der Waals surface area contributed by atoms with Crippen LogP contribution < -0.4 is 10.1 Å². The standard InChI is InChI=1S/C19H31N3O2/c1-15-7-5-6-8-18(15)24-16(2)13-20-19(23)22(4)14-17-9-11-21(3)12-10-17/h5-8,16-17H,9-14H2,1-4H3,(H,20,23)/t16-/m0/s1. The van der Waals surface area contributed by atoms with E-state index in [0.717, 1.165) is 30.9 Å². The van der Waals surface area contributed by atoms with Crippen LogP contribution in [0.1, 0.15) is 25.3 Å². The minimum Gasteiger partial charge on any atom is -0.489 e. The molecule has 0 radical (unpaired) electrons. The maximum absolute atomic E-state index is 12.3. The maximum Gasteiger partial charge on any atom is 0.317 e. The Labute approximate surface area is 146 Å². The van der Waals surface area contributed by atoms with Crippen molar-refractivity contribution in [3.63, 3.8) is 0 Å². The lowest BCUT2D eigenvalue weighted by Gasteiger charge is -2.31. The Morgan fingerprint density at radius 1 is 1.38 bits per heavy atom. The summed E-state index contributed by atoms with van der Waals surface area (Å²) in [7, 11) is 4.03. The third-order valence-electron chi connectivity index (χ3n) is 4.68. The Morgan fingerprint density at radius 3 is 2.71 bits per heavy atom. The number of rotatable bonds is 6. The molecule has 1 aromatic carbocycles. The van der Waals surface area contributed by atoms with E-state index < -0.39 is 0 Å². The first kappa shape index (κ1) is 18.6. The van der Waals surface area contributed by atoms with Crippen LogP contribution >= 0.6 is 0 Å². The number of hydrogen-bond donors (Lipinski definition) is 1. The molecule has 5 heteroatoms. The average Bonchev–Trinajstić information content (AvgIpc) is 2.57. The average molecular weight is 333 g/mol. The molecule has 1 fully saturated rings. The highest BCUT2D eigenvalue weighted by molar-refractivity contribution is 5.73. The fourth-order valence-corrected chi connectivity index (χ4v) is 3.03. The Hall–Kier alpha value is -1.75. The van der Waals surface area contributed by atoms with Gasteiger partial charge in [0.1, 0.15) is 11.9 Å². The Bertz CT molecular complexity index is 527. The Morgan fingerprint density at radius 2 is 2.04 bits per heavy atom. The van der Waals surface area contributed by atoms with Crippen molar-refractivity contribution in [1.82, 2.24) is 15.1 Å². The number of likely N-dealkylation sites (tertiary alicyclic amines) is 1. The third kappa shape index (κ3) is 5.71. The van der Waals surface area contributed by atoms with Crippen molar-refractivity contribution in [2.45, 2.75) is 32.8 Å². The summed E-state index contributed by atoms with van der Waals surface area (Å²) < 4.78 is 5.90. The van der Waals surface area contributed by atoms with E-state index in [9.17, 15) is 4.79 Å². The van der Waals surface area contributed by atoms with E-state index in [4.69, 9.17) is 4.74 Å². The van der Waals surface area contributed by atoms with Crippen LogP contribution in [0.3, 0.4) is 0 Å². The van der Waals surface area contributed by atoms with Crippen molar-refractivity contribution in [3.8, 4) is 5.75 Å². The van der Waals surface area contributed by atoms with Crippen molar-refractivity contribution in [3.05, 3.63) is 29.8 Å². The molecule has 1 saturated heterocycles. The first-order valence-corrected chi connectivity index (χ1v) is 8.85. The van der Waals surface area contributed by atoms with E-state index in [0.29, 0.717) is 12.5 Å². The van der Waals surface area contributed by atoms with E-state index >= 15 is 0 Å². The molecular formula is C19H31N3O2. The van der Waals surface area contributed by atoms with Crippen LogP contribution in [-0.4, -0.2) is 62.2 Å². The number of nitrogens with one attached hydrogen (secondary N) is 1. The largest absolute Gasteiger partial charge is 0.489 e. The van der Waals surface area contributed by atoms with Gasteiger partial charge in [0.15, 0.2) is 0 Å². The van der Waals surface area contributed by atoms with Gasteiger partial charge in [0.2, 0.25) is 0 Å². The molecule has 0 aliphatic carbocycles. The summed E-state index contributed by atoms with van der Waals surface area (Å²) in [6.45, 7) is 7.58. The maximum atomic E-state index is 12.3. The van der Waals surface area contributed by atoms with Gasteiger partial charge < -0.3 is 19.9 Å². The number of benzene rings is 1. The van der Waals surface area contributed by atoms with Gasteiger partial charge in [-0.1, -0.05) is 18.2 Å². The molecule has 1 aliphatic heterocycles. The monoisotopic (exact) mass is 333 g/mol. The first-order chi connectivity index (χ1) is 11.5. The van der Waals surface area contributed by atoms with Crippen LogP contribution in [-0.2, 0) is 0 Å². The fourth-order valence-electron chi connectivity index (χ4n) is 3.03. The van der Waals surface area contributed by atoms with E-state index in [1.54, 1.807) is 4.90 Å². The highest BCUT2D eigenvalue weighted by atomic mass is 16.5. The van der Waals surface area contributed by atoms with Gasteiger partial charge in [0.05, 0.1) is 6.54 Å². The molecule has 5 nitrogen and oxygen atoms in total. The number of carbonyl (C=O) groups is 1. The summed E-state index contributed by atoms with van der Waals surface area (Å²) in [6.07, 6.45) is 2.27. The predicted molar refractivity (Wildman–Crippen MR) is 97.5 cm³/mol. The number of hydrogen-bond acceptors (Lipinski definition) is 3. The van der Waals surface area contributed by atoms with Crippen molar-refractivity contribution < 1.29 is 9.53 Å².